The number of benzene rings is 1. The minimum Gasteiger partial charge on any atom is -0.394 e. The Bertz CT molecular complexity index is 684. The molecule has 0 bridgehead atoms. The van der Waals surface area contributed by atoms with Crippen LogP contribution >= 0.6 is 11.6 Å². The second-order valence-electron chi connectivity index (χ2n) is 5.90. The number of rotatable bonds is 6. The van der Waals surface area contributed by atoms with Crippen molar-refractivity contribution >= 4 is 17.5 Å². The molecule has 2 rings (SSSR count). The SMILES string of the molecule is Cc1c(C(=O)NC(CO)CC(C)C)nnn1-c1cccc(Cl)c1. The van der Waals surface area contributed by atoms with Gasteiger partial charge in [0.15, 0.2) is 5.69 Å². The third kappa shape index (κ3) is 4.30. The highest BCUT2D eigenvalue weighted by Crippen LogP contribution is 2.17. The summed E-state index contributed by atoms with van der Waals surface area (Å²) in [5.74, 6) is 0.0335. The van der Waals surface area contributed by atoms with E-state index in [4.69, 9.17) is 11.6 Å². The smallest absolute Gasteiger partial charge is 0.274 e. The molecule has 6 nitrogen and oxygen atoms in total. The van der Waals surface area contributed by atoms with Crippen molar-refractivity contribution < 1.29 is 9.90 Å². The molecule has 1 atom stereocenters. The van der Waals surface area contributed by atoms with E-state index in [9.17, 15) is 9.90 Å². The molecule has 0 aliphatic rings. The van der Waals surface area contributed by atoms with Crippen LogP contribution in [0.2, 0.25) is 5.02 Å². The van der Waals surface area contributed by atoms with E-state index in [-0.39, 0.29) is 24.2 Å². The number of hydrogen-bond acceptors (Lipinski definition) is 4. The molecule has 1 heterocycles. The molecule has 0 saturated heterocycles. The van der Waals surface area contributed by atoms with Gasteiger partial charge in [0.2, 0.25) is 0 Å². The van der Waals surface area contributed by atoms with Crippen LogP contribution in [0, 0.1) is 12.8 Å². The number of nitrogens with zero attached hydrogens (tertiary/aromatic N) is 3. The third-order valence-electron chi connectivity index (χ3n) is 3.47. The first-order valence-corrected chi connectivity index (χ1v) is 7.90. The monoisotopic (exact) mass is 336 g/mol. The maximum Gasteiger partial charge on any atom is 0.274 e. The first-order chi connectivity index (χ1) is 10.9. The molecule has 124 valence electrons. The molecular weight excluding hydrogens is 316 g/mol. The second kappa shape index (κ2) is 7.57. The molecule has 2 N–H and O–H groups in total. The molecule has 1 amide bonds. The Balaban J connectivity index is 2.20. The molecule has 0 fully saturated rings. The lowest BCUT2D eigenvalue weighted by molar-refractivity contribution is 0.0902. The molecule has 0 spiro atoms. The van der Waals surface area contributed by atoms with Gasteiger partial charge in [0.1, 0.15) is 0 Å². The van der Waals surface area contributed by atoms with E-state index < -0.39 is 0 Å². The summed E-state index contributed by atoms with van der Waals surface area (Å²) in [4.78, 5) is 12.4. The van der Waals surface area contributed by atoms with E-state index >= 15 is 0 Å². The number of aliphatic hydroxyl groups is 1. The number of carbonyl (C=O) groups excluding carboxylic acids is 1. The Labute approximate surface area is 140 Å². The van der Waals surface area contributed by atoms with E-state index in [0.29, 0.717) is 23.1 Å². The zero-order valence-electron chi connectivity index (χ0n) is 13.5. The van der Waals surface area contributed by atoms with Crippen LogP contribution < -0.4 is 5.32 Å². The highest BCUT2D eigenvalue weighted by molar-refractivity contribution is 6.30. The van der Waals surface area contributed by atoms with Crippen molar-refractivity contribution in [1.82, 2.24) is 20.3 Å². The number of halogens is 1. The van der Waals surface area contributed by atoms with Crippen LogP contribution in [-0.2, 0) is 0 Å². The van der Waals surface area contributed by atoms with E-state index in [1.165, 1.54) is 0 Å². The van der Waals surface area contributed by atoms with Crippen molar-refractivity contribution in [1.29, 1.82) is 0 Å². The van der Waals surface area contributed by atoms with Crippen LogP contribution in [0.15, 0.2) is 24.3 Å². The normalized spacial score (nSPS) is 12.4. The number of nitrogens with one attached hydrogen (secondary N) is 1. The van der Waals surface area contributed by atoms with Crippen LogP contribution in [-0.4, -0.2) is 38.7 Å². The van der Waals surface area contributed by atoms with Crippen molar-refractivity contribution in [3.05, 3.63) is 40.7 Å². The summed E-state index contributed by atoms with van der Waals surface area (Å²) in [6.07, 6.45) is 0.698. The van der Waals surface area contributed by atoms with Crippen LogP contribution in [0.4, 0.5) is 0 Å². The predicted octanol–water partition coefficient (Wildman–Crippen LogP) is 2.37. The highest BCUT2D eigenvalue weighted by atomic mass is 35.5. The van der Waals surface area contributed by atoms with Crippen LogP contribution in [0.1, 0.15) is 36.5 Å². The molecule has 0 aliphatic carbocycles. The van der Waals surface area contributed by atoms with Crippen molar-refractivity contribution in [2.24, 2.45) is 5.92 Å². The molecule has 1 aromatic carbocycles. The molecule has 1 unspecified atom stereocenters. The maximum atomic E-state index is 12.4. The second-order valence-corrected chi connectivity index (χ2v) is 6.33. The Hall–Kier alpha value is -1.92. The van der Waals surface area contributed by atoms with Crippen molar-refractivity contribution in [2.45, 2.75) is 33.2 Å². The summed E-state index contributed by atoms with van der Waals surface area (Å²) in [6, 6.07) is 6.87. The fraction of sp³-hybridized carbons (Fsp3) is 0.438. The van der Waals surface area contributed by atoms with Gasteiger partial charge < -0.3 is 10.4 Å². The lowest BCUT2D eigenvalue weighted by Crippen LogP contribution is -2.38. The molecular formula is C16H21ClN4O2. The zero-order chi connectivity index (χ0) is 17.0. The molecule has 1 aromatic heterocycles. The van der Waals surface area contributed by atoms with Gasteiger partial charge in [-0.3, -0.25) is 4.79 Å². The minimum atomic E-state index is -0.338. The summed E-state index contributed by atoms with van der Waals surface area (Å²) in [5, 5.41) is 20.8. The number of aliphatic hydroxyl groups excluding tert-OH is 1. The van der Waals surface area contributed by atoms with Crippen LogP contribution in [0.3, 0.4) is 0 Å². The van der Waals surface area contributed by atoms with Gasteiger partial charge in [0, 0.05) is 5.02 Å². The molecule has 2 aromatic rings. The van der Waals surface area contributed by atoms with Crippen LogP contribution in [0.5, 0.6) is 0 Å². The van der Waals surface area contributed by atoms with E-state index in [2.05, 4.69) is 15.6 Å². The van der Waals surface area contributed by atoms with Gasteiger partial charge in [0.05, 0.1) is 24.0 Å². The largest absolute Gasteiger partial charge is 0.394 e. The van der Waals surface area contributed by atoms with Gasteiger partial charge in [-0.25, -0.2) is 4.68 Å². The van der Waals surface area contributed by atoms with E-state index in [1.54, 1.807) is 23.7 Å². The molecule has 23 heavy (non-hydrogen) atoms. The fourth-order valence-electron chi connectivity index (χ4n) is 2.39. The fourth-order valence-corrected chi connectivity index (χ4v) is 2.58. The van der Waals surface area contributed by atoms with E-state index in [1.807, 2.05) is 26.0 Å². The summed E-state index contributed by atoms with van der Waals surface area (Å²) < 4.78 is 1.57. The lowest BCUT2D eigenvalue weighted by atomic mass is 10.0. The minimum absolute atomic E-state index is 0.106. The van der Waals surface area contributed by atoms with Gasteiger partial charge in [0.25, 0.3) is 5.91 Å². The Morgan fingerprint density at radius 1 is 1.43 bits per heavy atom. The summed E-state index contributed by atoms with van der Waals surface area (Å²) >= 11 is 5.98. The van der Waals surface area contributed by atoms with Gasteiger partial charge in [-0.15, -0.1) is 5.10 Å². The first-order valence-electron chi connectivity index (χ1n) is 7.52. The number of amides is 1. The van der Waals surface area contributed by atoms with Crippen molar-refractivity contribution in [3.8, 4) is 5.69 Å². The van der Waals surface area contributed by atoms with Gasteiger partial charge in [-0.05, 0) is 37.5 Å². The van der Waals surface area contributed by atoms with Crippen molar-refractivity contribution in [3.63, 3.8) is 0 Å². The van der Waals surface area contributed by atoms with Crippen LogP contribution in [0.25, 0.3) is 5.69 Å². The average molecular weight is 337 g/mol. The zero-order valence-corrected chi connectivity index (χ0v) is 14.2. The van der Waals surface area contributed by atoms with Gasteiger partial charge in [-0.1, -0.05) is 36.7 Å². The van der Waals surface area contributed by atoms with E-state index in [0.717, 1.165) is 5.69 Å². The average Bonchev–Trinajstić information content (AvgIpc) is 2.87. The molecule has 0 saturated carbocycles. The Morgan fingerprint density at radius 2 is 2.17 bits per heavy atom. The number of carbonyl (C=O) groups is 1. The maximum absolute atomic E-state index is 12.4. The first kappa shape index (κ1) is 17.4. The van der Waals surface area contributed by atoms with Gasteiger partial charge >= 0.3 is 0 Å². The molecule has 0 radical (unpaired) electrons. The lowest BCUT2D eigenvalue weighted by Gasteiger charge is -2.17. The molecule has 0 aliphatic heterocycles. The Morgan fingerprint density at radius 3 is 2.78 bits per heavy atom. The topological polar surface area (TPSA) is 80.0 Å². The molecule has 7 heteroatoms. The Kier molecular flexibility index (Phi) is 5.74. The number of hydrogen-bond donors (Lipinski definition) is 2. The van der Waals surface area contributed by atoms with Crippen molar-refractivity contribution in [2.75, 3.05) is 6.61 Å². The number of aromatic nitrogens is 3. The quantitative estimate of drug-likeness (QED) is 0.848. The predicted molar refractivity (Wildman–Crippen MR) is 88.9 cm³/mol. The standard InChI is InChI=1S/C16H21ClN4O2/c1-10(2)7-13(9-22)18-16(23)15-11(3)21(20-19-15)14-6-4-5-12(17)8-14/h4-6,8,10,13,22H,7,9H2,1-3H3,(H,18,23). The van der Waals surface area contributed by atoms with Gasteiger partial charge in [-0.2, -0.15) is 0 Å². The summed E-state index contributed by atoms with van der Waals surface area (Å²) in [5.41, 5.74) is 1.60. The highest BCUT2D eigenvalue weighted by Gasteiger charge is 2.20. The summed E-state index contributed by atoms with van der Waals surface area (Å²) in [7, 11) is 0. The third-order valence-corrected chi connectivity index (χ3v) is 3.71. The summed E-state index contributed by atoms with van der Waals surface area (Å²) in [6.45, 7) is 5.74.